The topological polar surface area (TPSA) is 87.0 Å². The third kappa shape index (κ3) is 4.94. The highest BCUT2D eigenvalue weighted by Crippen LogP contribution is 2.32. The Balaban J connectivity index is 1.46. The van der Waals surface area contributed by atoms with Gasteiger partial charge in [0.05, 0.1) is 35.2 Å². The summed E-state index contributed by atoms with van der Waals surface area (Å²) < 4.78 is 47.3. The van der Waals surface area contributed by atoms with Crippen LogP contribution in [0, 0.1) is 18.6 Å². The first kappa shape index (κ1) is 26.0. The number of aromatic nitrogens is 3. The quantitative estimate of drug-likeness (QED) is 0.371. The van der Waals surface area contributed by atoms with Gasteiger partial charge in [-0.25, -0.2) is 13.8 Å². The number of amides is 1. The lowest BCUT2D eigenvalue weighted by Crippen LogP contribution is -2.59. The monoisotopic (exact) mass is 542 g/mol. The summed E-state index contributed by atoms with van der Waals surface area (Å²) in [6.07, 6.45) is 3.15. The highest BCUT2D eigenvalue weighted by molar-refractivity contribution is 6.30. The predicted molar refractivity (Wildman–Crippen MR) is 135 cm³/mol. The zero-order chi connectivity index (χ0) is 27.1. The second kappa shape index (κ2) is 9.94. The minimum Gasteiger partial charge on any atom is -0.485 e. The molecule has 198 valence electrons. The van der Waals surface area contributed by atoms with Crippen LogP contribution in [0.15, 0.2) is 54.9 Å². The van der Waals surface area contributed by atoms with Gasteiger partial charge in [-0.15, -0.1) is 0 Å². The fraction of sp³-hybridized carbons (Fsp3) is 0.296. The van der Waals surface area contributed by atoms with E-state index in [0.717, 1.165) is 12.1 Å². The summed E-state index contributed by atoms with van der Waals surface area (Å²) in [5.41, 5.74) is 0.224. The molecule has 1 aliphatic heterocycles. The molecule has 1 fully saturated rings. The van der Waals surface area contributed by atoms with E-state index in [1.165, 1.54) is 12.3 Å². The average Bonchev–Trinajstić information content (AvgIpc) is 3.22. The number of halogens is 3. The van der Waals surface area contributed by atoms with Gasteiger partial charge in [-0.3, -0.25) is 14.2 Å². The molecule has 0 spiro atoms. The Hall–Kier alpha value is -3.60. The van der Waals surface area contributed by atoms with Crippen molar-refractivity contribution in [2.24, 2.45) is 0 Å². The number of carbonyl (C=O) groups is 1. The number of nitrogens with zero attached hydrogens (tertiary/aromatic N) is 3. The van der Waals surface area contributed by atoms with Crippen LogP contribution in [0.25, 0.3) is 5.65 Å². The molecular weight excluding hydrogens is 518 g/mol. The molecular formula is C27H25ClF2N4O4. The van der Waals surface area contributed by atoms with Crippen LogP contribution >= 0.6 is 11.6 Å². The zero-order valence-corrected chi connectivity index (χ0v) is 21.7. The molecule has 1 amide bonds. The molecule has 1 aromatic carbocycles. The van der Waals surface area contributed by atoms with E-state index in [1.54, 1.807) is 55.6 Å². The second-order valence-corrected chi connectivity index (χ2v) is 9.91. The largest absolute Gasteiger partial charge is 0.485 e. The lowest BCUT2D eigenvalue weighted by molar-refractivity contribution is -0.272. The van der Waals surface area contributed by atoms with Crippen LogP contribution < -0.4 is 10.1 Å². The number of benzene rings is 1. The lowest BCUT2D eigenvalue weighted by Gasteiger charge is -2.43. The molecule has 11 heteroatoms. The predicted octanol–water partition coefficient (Wildman–Crippen LogP) is 4.96. The van der Waals surface area contributed by atoms with Gasteiger partial charge < -0.3 is 19.5 Å². The number of hydrogen-bond donors (Lipinski definition) is 1. The van der Waals surface area contributed by atoms with Gasteiger partial charge in [0.15, 0.2) is 17.2 Å². The molecule has 1 saturated heterocycles. The summed E-state index contributed by atoms with van der Waals surface area (Å²) >= 11 is 6.03. The maximum absolute atomic E-state index is 14.1. The third-order valence-corrected chi connectivity index (χ3v) is 6.56. The Labute approximate surface area is 222 Å². The third-order valence-electron chi connectivity index (χ3n) is 6.34. The Kier molecular flexibility index (Phi) is 6.81. The van der Waals surface area contributed by atoms with E-state index >= 15 is 0 Å². The summed E-state index contributed by atoms with van der Waals surface area (Å²) in [6, 6.07) is 10.3. The summed E-state index contributed by atoms with van der Waals surface area (Å²) in [5, 5.41) is 3.49. The fourth-order valence-corrected chi connectivity index (χ4v) is 4.37. The van der Waals surface area contributed by atoms with Gasteiger partial charge in [0.2, 0.25) is 0 Å². The summed E-state index contributed by atoms with van der Waals surface area (Å²) in [4.78, 5) is 22.6. The normalized spacial score (nSPS) is 16.4. The number of pyridine rings is 2. The molecule has 1 aliphatic rings. The van der Waals surface area contributed by atoms with Gasteiger partial charge >= 0.3 is 0 Å². The Morgan fingerprint density at radius 3 is 2.50 bits per heavy atom. The SMILES string of the molecule is Cc1nc2c(OCc3c(F)cccc3F)cccn2c1C(=O)NC1(c2ccc(Cl)cn2)COC(C)(C)OC1. The van der Waals surface area contributed by atoms with Crippen LogP contribution in [-0.4, -0.2) is 39.3 Å². The minimum absolute atomic E-state index is 0.110. The smallest absolute Gasteiger partial charge is 0.271 e. The number of fused-ring (bicyclic) bond motifs is 1. The molecule has 0 unspecified atom stereocenters. The minimum atomic E-state index is -1.09. The number of aryl methyl sites for hydroxylation is 1. The Bertz CT molecular complexity index is 1480. The molecule has 3 aromatic heterocycles. The van der Waals surface area contributed by atoms with Gasteiger partial charge in [-0.2, -0.15) is 0 Å². The molecule has 4 heterocycles. The van der Waals surface area contributed by atoms with Gasteiger partial charge in [0.1, 0.15) is 29.5 Å². The van der Waals surface area contributed by atoms with E-state index in [2.05, 4.69) is 15.3 Å². The average molecular weight is 543 g/mol. The maximum Gasteiger partial charge on any atom is 0.271 e. The second-order valence-electron chi connectivity index (χ2n) is 9.48. The number of carbonyl (C=O) groups excluding carboxylic acids is 1. The van der Waals surface area contributed by atoms with E-state index < -0.39 is 28.9 Å². The van der Waals surface area contributed by atoms with Gasteiger partial charge in [-0.05, 0) is 57.2 Å². The van der Waals surface area contributed by atoms with Crippen molar-refractivity contribution >= 4 is 23.2 Å². The van der Waals surface area contributed by atoms with E-state index in [0.29, 0.717) is 22.1 Å². The Morgan fingerprint density at radius 1 is 1.13 bits per heavy atom. The molecule has 0 saturated carbocycles. The highest BCUT2D eigenvalue weighted by atomic mass is 35.5. The first-order valence-electron chi connectivity index (χ1n) is 11.8. The van der Waals surface area contributed by atoms with Gasteiger partial charge in [0, 0.05) is 12.4 Å². The molecule has 4 aromatic rings. The summed E-state index contributed by atoms with van der Waals surface area (Å²) in [5.74, 6) is -2.44. The summed E-state index contributed by atoms with van der Waals surface area (Å²) in [6.45, 7) is 5.14. The fourth-order valence-electron chi connectivity index (χ4n) is 4.26. The number of ether oxygens (including phenoxy) is 3. The molecule has 5 rings (SSSR count). The van der Waals surface area contributed by atoms with Crippen molar-refractivity contribution < 1.29 is 27.8 Å². The van der Waals surface area contributed by atoms with E-state index in [4.69, 9.17) is 25.8 Å². The van der Waals surface area contributed by atoms with E-state index in [1.807, 2.05) is 0 Å². The van der Waals surface area contributed by atoms with Gasteiger partial charge in [-0.1, -0.05) is 17.7 Å². The molecule has 1 N–H and O–H groups in total. The molecule has 0 atom stereocenters. The molecule has 38 heavy (non-hydrogen) atoms. The molecule has 0 aliphatic carbocycles. The number of hydrogen-bond acceptors (Lipinski definition) is 6. The van der Waals surface area contributed by atoms with Crippen molar-refractivity contribution in [2.75, 3.05) is 13.2 Å². The number of nitrogens with one attached hydrogen (secondary N) is 1. The summed E-state index contributed by atoms with van der Waals surface area (Å²) in [7, 11) is 0. The first-order valence-corrected chi connectivity index (χ1v) is 12.2. The standard InChI is InChI=1S/C27H25ClF2N4O4/c1-16-23(25(35)33-27(14-37-26(2,3)38-15-27)22-10-9-17(28)12-31-22)34-11-5-8-21(24(34)32-16)36-13-18-19(29)6-4-7-20(18)30/h4-12H,13-15H2,1-3H3,(H,33,35). The number of rotatable bonds is 6. The van der Waals surface area contributed by atoms with Crippen molar-refractivity contribution in [1.29, 1.82) is 0 Å². The van der Waals surface area contributed by atoms with Gasteiger partial charge in [0.25, 0.3) is 5.91 Å². The maximum atomic E-state index is 14.1. The van der Waals surface area contributed by atoms with E-state index in [9.17, 15) is 13.6 Å². The van der Waals surface area contributed by atoms with Crippen molar-refractivity contribution in [3.8, 4) is 5.75 Å². The van der Waals surface area contributed by atoms with Crippen molar-refractivity contribution in [2.45, 2.75) is 38.7 Å². The highest BCUT2D eigenvalue weighted by Gasteiger charge is 2.44. The van der Waals surface area contributed by atoms with Crippen LogP contribution in [0.5, 0.6) is 5.75 Å². The van der Waals surface area contributed by atoms with Crippen LogP contribution in [0.1, 0.15) is 41.3 Å². The van der Waals surface area contributed by atoms with Crippen LogP contribution in [0.4, 0.5) is 8.78 Å². The lowest BCUT2D eigenvalue weighted by atomic mass is 9.94. The molecule has 0 radical (unpaired) electrons. The van der Waals surface area contributed by atoms with Crippen molar-refractivity contribution in [1.82, 2.24) is 19.7 Å². The van der Waals surface area contributed by atoms with Crippen LogP contribution in [-0.2, 0) is 21.6 Å². The Morgan fingerprint density at radius 2 is 1.84 bits per heavy atom. The van der Waals surface area contributed by atoms with Crippen LogP contribution in [0.3, 0.4) is 0 Å². The van der Waals surface area contributed by atoms with Crippen molar-refractivity contribution in [3.05, 3.63) is 94.2 Å². The van der Waals surface area contributed by atoms with Crippen molar-refractivity contribution in [3.63, 3.8) is 0 Å². The zero-order valence-electron chi connectivity index (χ0n) is 20.9. The molecule has 8 nitrogen and oxygen atoms in total. The first-order chi connectivity index (χ1) is 18.1. The molecule has 0 bridgehead atoms. The van der Waals surface area contributed by atoms with Crippen LogP contribution in [0.2, 0.25) is 5.02 Å². The van der Waals surface area contributed by atoms with E-state index in [-0.39, 0.29) is 36.8 Å². The number of imidazole rings is 1.